The number of nitrogens with zero attached hydrogens (tertiary/aromatic N) is 1. The van der Waals surface area contributed by atoms with Gasteiger partial charge in [0.1, 0.15) is 5.78 Å². The summed E-state index contributed by atoms with van der Waals surface area (Å²) in [5.74, 6) is 1.65. The molecule has 0 bridgehead atoms. The Bertz CT molecular complexity index is 211. The Morgan fingerprint density at radius 2 is 1.94 bits per heavy atom. The van der Waals surface area contributed by atoms with Crippen molar-refractivity contribution in [3.63, 3.8) is 0 Å². The predicted octanol–water partition coefficient (Wildman–Crippen LogP) is 3.11. The van der Waals surface area contributed by atoms with Crippen molar-refractivity contribution in [1.82, 2.24) is 4.90 Å². The van der Waals surface area contributed by atoms with Gasteiger partial charge in [-0.2, -0.15) is 0 Å². The van der Waals surface area contributed by atoms with Gasteiger partial charge in [0.25, 0.3) is 0 Å². The van der Waals surface area contributed by atoms with Crippen LogP contribution in [0.4, 0.5) is 0 Å². The zero-order valence-corrected chi connectivity index (χ0v) is 11.2. The summed E-state index contributed by atoms with van der Waals surface area (Å²) in [5.41, 5.74) is 0. The molecular weight excluding hydrogens is 198 g/mol. The smallest absolute Gasteiger partial charge is 0.137 e. The number of hydrogen-bond acceptors (Lipinski definition) is 2. The molecule has 2 unspecified atom stereocenters. The Morgan fingerprint density at radius 1 is 1.25 bits per heavy atom. The minimum absolute atomic E-state index is 0.374. The van der Waals surface area contributed by atoms with Gasteiger partial charge in [0, 0.05) is 18.9 Å². The number of hydrogen-bond donors (Lipinski definition) is 0. The Labute approximate surface area is 100 Å². The largest absolute Gasteiger partial charge is 0.303 e. The van der Waals surface area contributed by atoms with Crippen molar-refractivity contribution in [3.05, 3.63) is 0 Å². The van der Waals surface area contributed by atoms with Crippen LogP contribution < -0.4 is 0 Å². The Morgan fingerprint density at radius 3 is 2.50 bits per heavy atom. The molecule has 1 fully saturated rings. The Kier molecular flexibility index (Phi) is 6.04. The monoisotopic (exact) mass is 225 g/mol. The summed E-state index contributed by atoms with van der Waals surface area (Å²) in [5, 5.41) is 0. The van der Waals surface area contributed by atoms with E-state index in [4.69, 9.17) is 0 Å². The molecule has 1 aliphatic rings. The van der Waals surface area contributed by atoms with E-state index in [1.54, 1.807) is 0 Å². The van der Waals surface area contributed by atoms with E-state index in [0.717, 1.165) is 44.8 Å². The molecule has 1 rings (SSSR count). The normalized spacial score (nSPS) is 26.0. The van der Waals surface area contributed by atoms with Gasteiger partial charge in [-0.15, -0.1) is 0 Å². The van der Waals surface area contributed by atoms with Gasteiger partial charge in [0.15, 0.2) is 0 Å². The van der Waals surface area contributed by atoms with Crippen molar-refractivity contribution in [3.8, 4) is 0 Å². The molecule has 0 aromatic heterocycles. The molecule has 94 valence electrons. The van der Waals surface area contributed by atoms with E-state index in [-0.39, 0.29) is 0 Å². The molecular formula is C14H27NO. The molecule has 0 saturated heterocycles. The van der Waals surface area contributed by atoms with Gasteiger partial charge in [-0.3, -0.25) is 4.79 Å². The molecule has 2 heteroatoms. The molecule has 16 heavy (non-hydrogen) atoms. The maximum absolute atomic E-state index is 12.1. The second-order valence-corrected chi connectivity index (χ2v) is 5.21. The maximum Gasteiger partial charge on any atom is 0.137 e. The number of carbonyl (C=O) groups excluding carboxylic acids is 1. The third-order valence-corrected chi connectivity index (χ3v) is 3.96. The first-order valence-corrected chi connectivity index (χ1v) is 6.92. The van der Waals surface area contributed by atoms with Crippen LogP contribution in [0.3, 0.4) is 0 Å². The van der Waals surface area contributed by atoms with Crippen molar-refractivity contribution in [2.75, 3.05) is 19.6 Å². The quantitative estimate of drug-likeness (QED) is 0.692. The standard InChI is InChI=1S/C14H27NO/c1-4-15(5-2)10-9-14(16)13-8-6-7-12(3)11-13/h12-13H,4-11H2,1-3H3. The highest BCUT2D eigenvalue weighted by Gasteiger charge is 2.24. The van der Waals surface area contributed by atoms with Crippen LogP contribution in [0.15, 0.2) is 0 Å². The van der Waals surface area contributed by atoms with Crippen molar-refractivity contribution in [1.29, 1.82) is 0 Å². The number of carbonyl (C=O) groups is 1. The van der Waals surface area contributed by atoms with E-state index in [1.807, 2.05) is 0 Å². The summed E-state index contributed by atoms with van der Waals surface area (Å²) < 4.78 is 0. The van der Waals surface area contributed by atoms with Crippen LogP contribution in [0.1, 0.15) is 52.9 Å². The number of rotatable bonds is 6. The van der Waals surface area contributed by atoms with Crippen LogP contribution in [0.5, 0.6) is 0 Å². The molecule has 2 nitrogen and oxygen atoms in total. The molecule has 2 atom stereocenters. The van der Waals surface area contributed by atoms with E-state index in [9.17, 15) is 4.79 Å². The highest BCUT2D eigenvalue weighted by atomic mass is 16.1. The fourth-order valence-corrected chi connectivity index (χ4v) is 2.74. The summed E-state index contributed by atoms with van der Waals surface area (Å²) in [6, 6.07) is 0. The van der Waals surface area contributed by atoms with Crippen molar-refractivity contribution in [2.24, 2.45) is 11.8 Å². The lowest BCUT2D eigenvalue weighted by Gasteiger charge is -2.26. The van der Waals surface area contributed by atoms with Crippen molar-refractivity contribution < 1.29 is 4.79 Å². The van der Waals surface area contributed by atoms with Crippen molar-refractivity contribution in [2.45, 2.75) is 52.9 Å². The average Bonchev–Trinajstić information content (AvgIpc) is 2.30. The SMILES string of the molecule is CCN(CC)CCC(=O)C1CCCC(C)C1. The van der Waals surface area contributed by atoms with Crippen LogP contribution >= 0.6 is 0 Å². The third-order valence-electron chi connectivity index (χ3n) is 3.96. The summed E-state index contributed by atoms with van der Waals surface area (Å²) in [4.78, 5) is 14.4. The van der Waals surface area contributed by atoms with Gasteiger partial charge < -0.3 is 4.90 Å². The van der Waals surface area contributed by atoms with E-state index < -0.39 is 0 Å². The molecule has 0 radical (unpaired) electrons. The molecule has 0 aromatic carbocycles. The van der Waals surface area contributed by atoms with Crippen LogP contribution in [-0.4, -0.2) is 30.3 Å². The second kappa shape index (κ2) is 7.05. The number of ketones is 1. The number of Topliss-reactive ketones (excluding diaryl/α,β-unsaturated/α-hetero) is 1. The molecule has 1 aliphatic carbocycles. The average molecular weight is 225 g/mol. The fraction of sp³-hybridized carbons (Fsp3) is 0.929. The van der Waals surface area contributed by atoms with Crippen molar-refractivity contribution >= 4 is 5.78 Å². The van der Waals surface area contributed by atoms with Gasteiger partial charge in [0.2, 0.25) is 0 Å². The lowest BCUT2D eigenvalue weighted by Crippen LogP contribution is -2.29. The van der Waals surface area contributed by atoms with Gasteiger partial charge in [-0.25, -0.2) is 0 Å². The molecule has 0 aromatic rings. The molecule has 0 aliphatic heterocycles. The lowest BCUT2D eigenvalue weighted by molar-refractivity contribution is -0.124. The first kappa shape index (κ1) is 13.7. The van der Waals surface area contributed by atoms with E-state index in [0.29, 0.717) is 11.7 Å². The Balaban J connectivity index is 2.28. The predicted molar refractivity (Wildman–Crippen MR) is 68.5 cm³/mol. The lowest BCUT2D eigenvalue weighted by atomic mass is 9.79. The maximum atomic E-state index is 12.1. The topological polar surface area (TPSA) is 20.3 Å². The zero-order valence-electron chi connectivity index (χ0n) is 11.2. The molecule has 0 heterocycles. The first-order chi connectivity index (χ1) is 7.67. The molecule has 0 N–H and O–H groups in total. The molecule has 0 amide bonds. The van der Waals surface area contributed by atoms with Crippen LogP contribution in [0.2, 0.25) is 0 Å². The van der Waals surface area contributed by atoms with Crippen LogP contribution in [0.25, 0.3) is 0 Å². The molecule has 0 spiro atoms. The fourth-order valence-electron chi connectivity index (χ4n) is 2.74. The van der Waals surface area contributed by atoms with Gasteiger partial charge in [-0.1, -0.05) is 33.6 Å². The van der Waals surface area contributed by atoms with E-state index >= 15 is 0 Å². The van der Waals surface area contributed by atoms with Crippen LogP contribution in [0, 0.1) is 11.8 Å². The second-order valence-electron chi connectivity index (χ2n) is 5.21. The van der Waals surface area contributed by atoms with E-state index in [1.165, 1.54) is 12.8 Å². The molecule has 1 saturated carbocycles. The summed E-state index contributed by atoms with van der Waals surface area (Å²) in [7, 11) is 0. The zero-order chi connectivity index (χ0) is 12.0. The minimum Gasteiger partial charge on any atom is -0.303 e. The van der Waals surface area contributed by atoms with E-state index in [2.05, 4.69) is 25.7 Å². The van der Waals surface area contributed by atoms with Gasteiger partial charge in [0.05, 0.1) is 0 Å². The van der Waals surface area contributed by atoms with Gasteiger partial charge in [-0.05, 0) is 31.8 Å². The first-order valence-electron chi connectivity index (χ1n) is 6.92. The summed E-state index contributed by atoms with van der Waals surface area (Å²) >= 11 is 0. The highest BCUT2D eigenvalue weighted by molar-refractivity contribution is 5.81. The summed E-state index contributed by atoms with van der Waals surface area (Å²) in [6.45, 7) is 9.68. The minimum atomic E-state index is 0.374. The Hall–Kier alpha value is -0.370. The summed E-state index contributed by atoms with van der Waals surface area (Å²) in [6.07, 6.45) is 5.61. The highest BCUT2D eigenvalue weighted by Crippen LogP contribution is 2.29. The third kappa shape index (κ3) is 4.25. The van der Waals surface area contributed by atoms with Crippen LogP contribution in [-0.2, 0) is 4.79 Å². The van der Waals surface area contributed by atoms with Gasteiger partial charge >= 0.3 is 0 Å².